The Morgan fingerprint density at radius 2 is 1.97 bits per heavy atom. The molecule has 0 bridgehead atoms. The van der Waals surface area contributed by atoms with E-state index in [0.29, 0.717) is 11.3 Å². The standard InChI is InChI=1S/C23H25N7O8/c1-36-10-16-26-19(30-38-16)11-4-3-5-13(18(11)37-2)24-14-8-15(25-20(31)12-9-22(12)6-7-22)28-29-17(14)21(32)27-23(33,34)35/h3-5,8,12,33-35H,6-7,9-10H2,1-2H3,(H,27,32)(H2,24,25,28,31)/t12-/m0/s1. The van der Waals surface area contributed by atoms with Gasteiger partial charge in [0.05, 0.1) is 24.0 Å². The summed E-state index contributed by atoms with van der Waals surface area (Å²) in [4.78, 5) is 29.5. The van der Waals surface area contributed by atoms with Gasteiger partial charge in [0.1, 0.15) is 6.61 Å². The van der Waals surface area contributed by atoms with Crippen LogP contribution in [0.15, 0.2) is 28.8 Å². The molecule has 0 saturated heterocycles. The molecule has 2 aromatic heterocycles. The number of hydrogen-bond donors (Lipinski definition) is 6. The molecule has 1 spiro atoms. The molecule has 2 aliphatic rings. The molecule has 15 nitrogen and oxygen atoms in total. The number of hydrogen-bond acceptors (Lipinski definition) is 13. The van der Waals surface area contributed by atoms with Gasteiger partial charge in [0.25, 0.3) is 11.8 Å². The van der Waals surface area contributed by atoms with Crippen molar-refractivity contribution in [1.82, 2.24) is 25.7 Å². The molecule has 2 fully saturated rings. The molecule has 3 aromatic rings. The highest BCUT2D eigenvalue weighted by Crippen LogP contribution is 2.70. The lowest BCUT2D eigenvalue weighted by Gasteiger charge is -2.18. The van der Waals surface area contributed by atoms with Crippen LogP contribution in [0.1, 0.15) is 35.6 Å². The van der Waals surface area contributed by atoms with Crippen molar-refractivity contribution in [2.75, 3.05) is 24.9 Å². The van der Waals surface area contributed by atoms with Crippen LogP contribution in [0.25, 0.3) is 11.4 Å². The smallest absolute Gasteiger partial charge is 0.369 e. The molecule has 0 unspecified atom stereocenters. The monoisotopic (exact) mass is 527 g/mol. The van der Waals surface area contributed by atoms with Crippen molar-refractivity contribution in [2.24, 2.45) is 11.3 Å². The molecule has 1 atom stereocenters. The van der Waals surface area contributed by atoms with Crippen LogP contribution < -0.4 is 20.7 Å². The number of nitrogens with one attached hydrogen (secondary N) is 3. The first kappa shape index (κ1) is 25.5. The van der Waals surface area contributed by atoms with Crippen molar-refractivity contribution >= 4 is 29.0 Å². The zero-order valence-corrected chi connectivity index (χ0v) is 20.4. The van der Waals surface area contributed by atoms with E-state index in [0.717, 1.165) is 19.3 Å². The maximum absolute atomic E-state index is 12.6. The van der Waals surface area contributed by atoms with Gasteiger partial charge in [0.2, 0.25) is 11.7 Å². The van der Waals surface area contributed by atoms with E-state index in [1.807, 2.05) is 0 Å². The first-order valence-electron chi connectivity index (χ1n) is 11.6. The topological polar surface area (TPSA) is 214 Å². The maximum Gasteiger partial charge on any atom is 0.369 e. The summed E-state index contributed by atoms with van der Waals surface area (Å²) in [6, 6.07) is 6.35. The lowest BCUT2D eigenvalue weighted by atomic mass is 10.1. The van der Waals surface area contributed by atoms with E-state index in [2.05, 4.69) is 31.0 Å². The second kappa shape index (κ2) is 9.60. The Morgan fingerprint density at radius 1 is 1.18 bits per heavy atom. The third kappa shape index (κ3) is 5.26. The van der Waals surface area contributed by atoms with Crippen LogP contribution in [0.2, 0.25) is 0 Å². The van der Waals surface area contributed by atoms with Gasteiger partial charge in [0.15, 0.2) is 17.3 Å². The average molecular weight is 527 g/mol. The molecule has 38 heavy (non-hydrogen) atoms. The van der Waals surface area contributed by atoms with Gasteiger partial charge in [-0.1, -0.05) is 11.2 Å². The Labute approximate surface area is 215 Å². The van der Waals surface area contributed by atoms with Crippen molar-refractivity contribution in [3.05, 3.63) is 35.9 Å². The first-order chi connectivity index (χ1) is 18.1. The quantitative estimate of drug-likeness (QED) is 0.198. The molecule has 0 aliphatic heterocycles. The Hall–Kier alpha value is -4.18. The first-order valence-corrected chi connectivity index (χ1v) is 11.6. The van der Waals surface area contributed by atoms with Crippen LogP contribution >= 0.6 is 0 Å². The van der Waals surface area contributed by atoms with E-state index in [1.54, 1.807) is 23.5 Å². The minimum atomic E-state index is -3.50. The van der Waals surface area contributed by atoms with Crippen LogP contribution in [0.5, 0.6) is 5.75 Å². The molecule has 1 aromatic carbocycles. The summed E-state index contributed by atoms with van der Waals surface area (Å²) >= 11 is 0. The summed E-state index contributed by atoms with van der Waals surface area (Å²) in [7, 11) is 2.91. The molecule has 5 rings (SSSR count). The molecular weight excluding hydrogens is 502 g/mol. The molecule has 2 aliphatic carbocycles. The summed E-state index contributed by atoms with van der Waals surface area (Å²) in [6.45, 7) is 0.118. The predicted octanol–water partition coefficient (Wildman–Crippen LogP) is 0.482. The van der Waals surface area contributed by atoms with Crippen molar-refractivity contribution in [3.8, 4) is 17.1 Å². The minimum absolute atomic E-state index is 0.0117. The summed E-state index contributed by atoms with van der Waals surface area (Å²) in [5.74, 6) is -0.620. The van der Waals surface area contributed by atoms with Crippen LogP contribution in [-0.2, 0) is 16.1 Å². The fourth-order valence-electron chi connectivity index (χ4n) is 4.30. The van der Waals surface area contributed by atoms with Crippen molar-refractivity contribution in [2.45, 2.75) is 32.0 Å². The molecule has 2 heterocycles. The molecular formula is C23H25N7O8. The number of anilines is 3. The van der Waals surface area contributed by atoms with Gasteiger partial charge in [0, 0.05) is 19.1 Å². The predicted molar refractivity (Wildman–Crippen MR) is 128 cm³/mol. The number of para-hydroxylation sites is 1. The molecule has 200 valence electrons. The SMILES string of the molecule is COCc1nc(-c2cccc(Nc3cc(NC(=O)[C@@H]4CC45CC5)nnc3C(=O)NC(O)(O)O)c2OC)no1. The van der Waals surface area contributed by atoms with Gasteiger partial charge >= 0.3 is 6.10 Å². The average Bonchev–Trinajstić information content (AvgIpc) is 3.75. The number of ether oxygens (including phenoxy) is 2. The van der Waals surface area contributed by atoms with Gasteiger partial charge in [-0.25, -0.2) is 0 Å². The van der Waals surface area contributed by atoms with E-state index >= 15 is 0 Å². The van der Waals surface area contributed by atoms with E-state index < -0.39 is 17.7 Å². The maximum atomic E-state index is 12.6. The highest BCUT2D eigenvalue weighted by molar-refractivity contribution is 6.00. The molecule has 0 radical (unpaired) electrons. The molecule has 2 saturated carbocycles. The van der Waals surface area contributed by atoms with Crippen LogP contribution in [0.4, 0.5) is 17.2 Å². The normalized spacial score (nSPS) is 17.1. The number of nitrogens with zero attached hydrogens (tertiary/aromatic N) is 4. The van der Waals surface area contributed by atoms with Crippen LogP contribution in [0, 0.1) is 11.3 Å². The van der Waals surface area contributed by atoms with E-state index in [1.165, 1.54) is 20.3 Å². The second-order valence-electron chi connectivity index (χ2n) is 9.15. The molecule has 6 N–H and O–H groups in total. The Kier molecular flexibility index (Phi) is 6.44. The number of rotatable bonds is 10. The van der Waals surface area contributed by atoms with Gasteiger partial charge < -0.3 is 39.9 Å². The Bertz CT molecular complexity index is 1380. The fourth-order valence-corrected chi connectivity index (χ4v) is 4.30. The number of aromatic nitrogens is 4. The third-order valence-corrected chi connectivity index (χ3v) is 6.41. The summed E-state index contributed by atoms with van der Waals surface area (Å²) in [5, 5.41) is 46.6. The zero-order valence-electron chi connectivity index (χ0n) is 20.4. The highest BCUT2D eigenvalue weighted by Gasteiger charge is 2.65. The van der Waals surface area contributed by atoms with Gasteiger partial charge in [-0.3, -0.25) is 14.9 Å². The van der Waals surface area contributed by atoms with Gasteiger partial charge in [-0.2, -0.15) is 4.98 Å². The summed E-state index contributed by atoms with van der Waals surface area (Å²) in [6.07, 6.45) is -0.617. The fraction of sp³-hybridized carbons (Fsp3) is 0.391. The van der Waals surface area contributed by atoms with E-state index in [-0.39, 0.29) is 52.8 Å². The number of methoxy groups -OCH3 is 2. The summed E-state index contributed by atoms with van der Waals surface area (Å²) in [5.41, 5.74) is 0.511. The second-order valence-corrected chi connectivity index (χ2v) is 9.15. The van der Waals surface area contributed by atoms with Crippen LogP contribution in [0.3, 0.4) is 0 Å². The number of aliphatic hydroxyl groups is 3. The van der Waals surface area contributed by atoms with Crippen molar-refractivity contribution < 1.29 is 38.9 Å². The highest BCUT2D eigenvalue weighted by atomic mass is 16.7. The van der Waals surface area contributed by atoms with Gasteiger partial charge in [-0.05, 0) is 36.8 Å². The number of carbonyl (C=O) groups excluding carboxylic acids is 2. The van der Waals surface area contributed by atoms with E-state index in [9.17, 15) is 24.9 Å². The number of benzene rings is 1. The summed E-state index contributed by atoms with van der Waals surface area (Å²) < 4.78 is 15.7. The van der Waals surface area contributed by atoms with Crippen molar-refractivity contribution in [1.29, 1.82) is 0 Å². The lowest BCUT2D eigenvalue weighted by molar-refractivity contribution is -0.323. The number of amides is 2. The van der Waals surface area contributed by atoms with Crippen LogP contribution in [-0.4, -0.2) is 67.8 Å². The Balaban J connectivity index is 1.47. The molecule has 15 heteroatoms. The van der Waals surface area contributed by atoms with Crippen molar-refractivity contribution in [3.63, 3.8) is 0 Å². The zero-order chi connectivity index (χ0) is 27.1. The van der Waals surface area contributed by atoms with Gasteiger partial charge in [-0.15, -0.1) is 10.2 Å². The Morgan fingerprint density at radius 3 is 2.63 bits per heavy atom. The molecule has 2 amide bonds. The number of carbonyl (C=O) groups is 2. The lowest BCUT2D eigenvalue weighted by Crippen LogP contribution is -2.48. The third-order valence-electron chi connectivity index (χ3n) is 6.41. The largest absolute Gasteiger partial charge is 0.494 e. The van der Waals surface area contributed by atoms with E-state index in [4.69, 9.17) is 14.0 Å². The minimum Gasteiger partial charge on any atom is -0.494 e.